The summed E-state index contributed by atoms with van der Waals surface area (Å²) in [4.78, 5) is 32.2. The number of aromatic nitrogens is 2. The number of anilines is 1. The molecule has 0 saturated carbocycles. The van der Waals surface area contributed by atoms with Crippen molar-refractivity contribution in [2.45, 2.75) is 19.8 Å². The molecule has 2 heterocycles. The number of carbonyl (C=O) groups excluding carboxylic acids is 1. The topological polar surface area (TPSA) is 109 Å². The van der Waals surface area contributed by atoms with Crippen molar-refractivity contribution in [2.24, 2.45) is 11.7 Å². The Kier molecular flexibility index (Phi) is 3.64. The molecule has 1 atom stereocenters. The van der Waals surface area contributed by atoms with Crippen LogP contribution in [0.5, 0.6) is 0 Å². The molecule has 1 fully saturated rings. The number of carboxylic acids is 1. The second kappa shape index (κ2) is 5.21. The van der Waals surface area contributed by atoms with Crippen LogP contribution in [0.4, 0.5) is 5.95 Å². The largest absolute Gasteiger partial charge is 0.478 e. The molecule has 0 radical (unpaired) electrons. The van der Waals surface area contributed by atoms with Crippen molar-refractivity contribution in [3.63, 3.8) is 0 Å². The van der Waals surface area contributed by atoms with E-state index in [0.717, 1.165) is 19.4 Å². The van der Waals surface area contributed by atoms with Gasteiger partial charge in [-0.2, -0.15) is 0 Å². The summed E-state index contributed by atoms with van der Waals surface area (Å²) in [6.07, 6.45) is 2.92. The third-order valence-electron chi connectivity index (χ3n) is 3.30. The molecule has 0 aromatic carbocycles. The number of hydrogen-bond acceptors (Lipinski definition) is 5. The van der Waals surface area contributed by atoms with Gasteiger partial charge in [-0.3, -0.25) is 4.79 Å². The summed E-state index contributed by atoms with van der Waals surface area (Å²) in [7, 11) is 0. The second-order valence-electron chi connectivity index (χ2n) is 4.66. The van der Waals surface area contributed by atoms with Crippen molar-refractivity contribution >= 4 is 17.8 Å². The summed E-state index contributed by atoms with van der Waals surface area (Å²) >= 11 is 0. The summed E-state index contributed by atoms with van der Waals surface area (Å²) in [5.74, 6) is -1.11. The van der Waals surface area contributed by atoms with Gasteiger partial charge in [-0.1, -0.05) is 0 Å². The molecule has 1 aromatic heterocycles. The molecule has 3 N–H and O–H groups in total. The van der Waals surface area contributed by atoms with Crippen LogP contribution in [0.15, 0.2) is 6.20 Å². The number of primary amides is 1. The lowest BCUT2D eigenvalue weighted by Crippen LogP contribution is -2.42. The Labute approximate surface area is 110 Å². The molecule has 1 aliphatic rings. The van der Waals surface area contributed by atoms with E-state index in [1.807, 2.05) is 4.90 Å². The van der Waals surface area contributed by atoms with E-state index in [-0.39, 0.29) is 17.4 Å². The van der Waals surface area contributed by atoms with Crippen molar-refractivity contribution in [1.29, 1.82) is 0 Å². The van der Waals surface area contributed by atoms with Crippen LogP contribution >= 0.6 is 0 Å². The van der Waals surface area contributed by atoms with Crippen LogP contribution < -0.4 is 10.6 Å². The molecule has 102 valence electrons. The molecular formula is C12H16N4O3. The van der Waals surface area contributed by atoms with Crippen molar-refractivity contribution in [3.8, 4) is 0 Å². The molecular weight excluding hydrogens is 248 g/mol. The minimum atomic E-state index is -1.04. The maximum atomic E-state index is 11.2. The van der Waals surface area contributed by atoms with Gasteiger partial charge in [-0.25, -0.2) is 14.8 Å². The van der Waals surface area contributed by atoms with Gasteiger partial charge >= 0.3 is 5.97 Å². The quantitative estimate of drug-likeness (QED) is 0.806. The molecule has 1 aliphatic heterocycles. The van der Waals surface area contributed by atoms with E-state index in [4.69, 9.17) is 10.8 Å². The third-order valence-corrected chi connectivity index (χ3v) is 3.30. The number of aromatic carboxylic acids is 1. The molecule has 1 saturated heterocycles. The Morgan fingerprint density at radius 1 is 1.53 bits per heavy atom. The molecule has 1 aromatic rings. The van der Waals surface area contributed by atoms with Crippen molar-refractivity contribution < 1.29 is 14.7 Å². The average molecular weight is 264 g/mol. The predicted octanol–water partition coefficient (Wildman–Crippen LogP) is 0.185. The highest BCUT2D eigenvalue weighted by Gasteiger charge is 2.25. The van der Waals surface area contributed by atoms with Gasteiger partial charge < -0.3 is 15.7 Å². The molecule has 0 spiro atoms. The highest BCUT2D eigenvalue weighted by molar-refractivity contribution is 5.88. The first kappa shape index (κ1) is 13.3. The number of carboxylic acid groups (broad SMARTS) is 1. The van der Waals surface area contributed by atoms with E-state index < -0.39 is 5.97 Å². The number of nitrogens with two attached hydrogens (primary N) is 1. The van der Waals surface area contributed by atoms with E-state index in [9.17, 15) is 9.59 Å². The van der Waals surface area contributed by atoms with Crippen LogP contribution in [0.1, 0.15) is 28.9 Å². The SMILES string of the molecule is Cc1nc(N2CCCC(C(N)=O)C2)ncc1C(=O)O. The van der Waals surface area contributed by atoms with E-state index in [1.165, 1.54) is 6.20 Å². The van der Waals surface area contributed by atoms with Gasteiger partial charge in [0.15, 0.2) is 0 Å². The first-order chi connectivity index (χ1) is 8.99. The number of nitrogens with zero attached hydrogens (tertiary/aromatic N) is 3. The maximum absolute atomic E-state index is 11.2. The molecule has 1 unspecified atom stereocenters. The van der Waals surface area contributed by atoms with Crippen molar-refractivity contribution in [1.82, 2.24) is 9.97 Å². The van der Waals surface area contributed by atoms with Gasteiger partial charge in [-0.15, -0.1) is 0 Å². The molecule has 0 aliphatic carbocycles. The summed E-state index contributed by atoms with van der Waals surface area (Å²) in [5.41, 5.74) is 5.82. The fraction of sp³-hybridized carbons (Fsp3) is 0.500. The highest BCUT2D eigenvalue weighted by atomic mass is 16.4. The Morgan fingerprint density at radius 3 is 2.84 bits per heavy atom. The molecule has 0 bridgehead atoms. The van der Waals surface area contributed by atoms with E-state index in [1.54, 1.807) is 6.92 Å². The van der Waals surface area contributed by atoms with Crippen LogP contribution in [-0.4, -0.2) is 40.0 Å². The van der Waals surface area contributed by atoms with Crippen LogP contribution in [0, 0.1) is 12.8 Å². The zero-order chi connectivity index (χ0) is 14.0. The molecule has 7 nitrogen and oxygen atoms in total. The third kappa shape index (κ3) is 2.81. The number of aryl methyl sites for hydroxylation is 1. The minimum Gasteiger partial charge on any atom is -0.478 e. The zero-order valence-electron chi connectivity index (χ0n) is 10.7. The maximum Gasteiger partial charge on any atom is 0.339 e. The Morgan fingerprint density at radius 2 is 2.26 bits per heavy atom. The normalized spacial score (nSPS) is 19.2. The molecule has 2 rings (SSSR count). The van der Waals surface area contributed by atoms with E-state index >= 15 is 0 Å². The van der Waals surface area contributed by atoms with Crippen molar-refractivity contribution in [2.75, 3.05) is 18.0 Å². The van der Waals surface area contributed by atoms with Crippen LogP contribution in [0.3, 0.4) is 0 Å². The average Bonchev–Trinajstić information content (AvgIpc) is 2.38. The minimum absolute atomic E-state index is 0.0900. The van der Waals surface area contributed by atoms with Gasteiger partial charge in [0.1, 0.15) is 0 Å². The highest BCUT2D eigenvalue weighted by Crippen LogP contribution is 2.20. The van der Waals surface area contributed by atoms with Crippen LogP contribution in [0.2, 0.25) is 0 Å². The summed E-state index contributed by atoms with van der Waals surface area (Å²) in [6.45, 7) is 2.86. The van der Waals surface area contributed by atoms with E-state index in [2.05, 4.69) is 9.97 Å². The number of piperidine rings is 1. The monoisotopic (exact) mass is 264 g/mol. The van der Waals surface area contributed by atoms with Crippen LogP contribution in [-0.2, 0) is 4.79 Å². The smallest absolute Gasteiger partial charge is 0.339 e. The standard InChI is InChI=1S/C12H16N4O3/c1-7-9(11(18)19)5-14-12(15-7)16-4-2-3-8(6-16)10(13)17/h5,8H,2-4,6H2,1H3,(H2,13,17)(H,18,19). The van der Waals surface area contributed by atoms with Gasteiger partial charge in [0.2, 0.25) is 11.9 Å². The first-order valence-electron chi connectivity index (χ1n) is 6.10. The van der Waals surface area contributed by atoms with Gasteiger partial charge in [0.05, 0.1) is 17.2 Å². The van der Waals surface area contributed by atoms with Crippen molar-refractivity contribution in [3.05, 3.63) is 17.5 Å². The number of carbonyl (C=O) groups is 2. The Bertz CT molecular complexity index is 518. The van der Waals surface area contributed by atoms with Gasteiger partial charge in [0.25, 0.3) is 0 Å². The van der Waals surface area contributed by atoms with Gasteiger partial charge in [-0.05, 0) is 19.8 Å². The fourth-order valence-corrected chi connectivity index (χ4v) is 2.21. The molecule has 7 heteroatoms. The first-order valence-corrected chi connectivity index (χ1v) is 6.10. The summed E-state index contributed by atoms with van der Waals surface area (Å²) in [5, 5.41) is 8.93. The summed E-state index contributed by atoms with van der Waals surface area (Å²) in [6, 6.07) is 0. The predicted molar refractivity (Wildman–Crippen MR) is 67.9 cm³/mol. The number of rotatable bonds is 3. The molecule has 19 heavy (non-hydrogen) atoms. The lowest BCUT2D eigenvalue weighted by atomic mass is 9.98. The Hall–Kier alpha value is -2.18. The molecule has 1 amide bonds. The fourth-order valence-electron chi connectivity index (χ4n) is 2.21. The second-order valence-corrected chi connectivity index (χ2v) is 4.66. The Balaban J connectivity index is 2.20. The van der Waals surface area contributed by atoms with E-state index in [0.29, 0.717) is 18.2 Å². The lowest BCUT2D eigenvalue weighted by Gasteiger charge is -2.31. The van der Waals surface area contributed by atoms with Gasteiger partial charge in [0, 0.05) is 19.3 Å². The zero-order valence-corrected chi connectivity index (χ0v) is 10.7. The number of hydrogen-bond donors (Lipinski definition) is 2. The lowest BCUT2D eigenvalue weighted by molar-refractivity contribution is -0.122. The van der Waals surface area contributed by atoms with Crippen LogP contribution in [0.25, 0.3) is 0 Å². The number of amides is 1. The summed E-state index contributed by atoms with van der Waals surface area (Å²) < 4.78 is 0.